The number of ether oxygens (including phenoxy) is 1. The van der Waals surface area contributed by atoms with Gasteiger partial charge in [-0.2, -0.15) is 0 Å². The van der Waals surface area contributed by atoms with Crippen molar-refractivity contribution in [1.82, 2.24) is 0 Å². The molecule has 0 aliphatic rings. The number of carbonyl (C=O) groups excluding carboxylic acids is 1. The smallest absolute Gasteiger partial charge is 0.391 e. The maximum Gasteiger partial charge on any atom is 0.391 e. The highest BCUT2D eigenvalue weighted by atomic mass is 16.5. The Balaban J connectivity index is 2.81. The van der Waals surface area contributed by atoms with Gasteiger partial charge in [0.05, 0.1) is 0 Å². The van der Waals surface area contributed by atoms with Gasteiger partial charge < -0.3 is 9.84 Å². The van der Waals surface area contributed by atoms with E-state index in [1.54, 1.807) is 0 Å². The summed E-state index contributed by atoms with van der Waals surface area (Å²) < 4.78 is 4.94. The standard InChI is InChI=1S/C12H12N2O3/c1-9(15)17-12(11(16)8-14-13)7-10-5-3-2-4-6-10/h2-6,8,12H,7H2,1H3/p+1/b11-8-/t12-/m0/s1. The molecule has 1 rings (SSSR count). The summed E-state index contributed by atoms with van der Waals surface area (Å²) >= 11 is 0. The minimum absolute atomic E-state index is 0.299. The predicted octanol–water partition coefficient (Wildman–Crippen LogP) is 2.41. The van der Waals surface area contributed by atoms with Crippen molar-refractivity contribution in [2.45, 2.75) is 19.4 Å². The number of esters is 1. The number of carbonyl (C=O) groups is 1. The zero-order valence-electron chi connectivity index (χ0n) is 9.41. The largest absolute Gasteiger partial charge is 0.503 e. The first-order valence-electron chi connectivity index (χ1n) is 5.08. The van der Waals surface area contributed by atoms with Crippen LogP contribution in [0, 0.1) is 5.39 Å². The molecule has 0 radical (unpaired) electrons. The minimum Gasteiger partial charge on any atom is -0.503 e. The number of aliphatic hydroxyl groups is 1. The Bertz CT molecular complexity index is 449. The van der Waals surface area contributed by atoms with Gasteiger partial charge in [-0.15, -0.1) is 0 Å². The molecule has 0 aliphatic heterocycles. The highest BCUT2D eigenvalue weighted by Crippen LogP contribution is 2.12. The molecule has 0 amide bonds. The Labute approximate surface area is 99.0 Å². The van der Waals surface area contributed by atoms with Crippen LogP contribution in [0.1, 0.15) is 12.5 Å². The third kappa shape index (κ3) is 4.34. The molecule has 0 aromatic heterocycles. The second-order valence-corrected chi connectivity index (χ2v) is 3.46. The summed E-state index contributed by atoms with van der Waals surface area (Å²) in [5.41, 5.74) is 0.900. The maximum absolute atomic E-state index is 10.9. The quantitative estimate of drug-likeness (QED) is 0.492. The summed E-state index contributed by atoms with van der Waals surface area (Å²) in [6, 6.07) is 9.25. The van der Waals surface area contributed by atoms with E-state index < -0.39 is 12.1 Å². The van der Waals surface area contributed by atoms with Gasteiger partial charge in [-0.25, -0.2) is 0 Å². The van der Waals surface area contributed by atoms with Crippen molar-refractivity contribution in [3.63, 3.8) is 0 Å². The summed E-state index contributed by atoms with van der Waals surface area (Å²) in [7, 11) is 0. The van der Waals surface area contributed by atoms with Gasteiger partial charge in [-0.1, -0.05) is 30.3 Å². The van der Waals surface area contributed by atoms with Crippen LogP contribution in [0.25, 0.3) is 4.98 Å². The van der Waals surface area contributed by atoms with E-state index in [9.17, 15) is 9.90 Å². The Kier molecular flexibility index (Phi) is 4.70. The van der Waals surface area contributed by atoms with Crippen LogP contribution in [0.4, 0.5) is 0 Å². The molecule has 5 heteroatoms. The average molecular weight is 233 g/mol. The monoisotopic (exact) mass is 233 g/mol. The van der Waals surface area contributed by atoms with Crippen LogP contribution in [-0.2, 0) is 16.0 Å². The molecule has 0 spiro atoms. The second kappa shape index (κ2) is 6.28. The molecular formula is C12H13N2O3+. The summed E-state index contributed by atoms with van der Waals surface area (Å²) in [5.74, 6) is -0.810. The summed E-state index contributed by atoms with van der Waals surface area (Å²) in [4.78, 5) is 13.6. The lowest BCUT2D eigenvalue weighted by Crippen LogP contribution is -2.21. The fourth-order valence-corrected chi connectivity index (χ4v) is 1.38. The highest BCUT2D eigenvalue weighted by Gasteiger charge is 2.20. The lowest BCUT2D eigenvalue weighted by Gasteiger charge is -2.14. The second-order valence-electron chi connectivity index (χ2n) is 3.46. The SMILES string of the molecule is CC(=O)O[C@@H](Cc1ccccc1)/C(O)=C/[N+]#N. The first-order chi connectivity index (χ1) is 8.13. The molecule has 5 nitrogen and oxygen atoms in total. The van der Waals surface area contributed by atoms with Gasteiger partial charge in [0.1, 0.15) is 0 Å². The lowest BCUT2D eigenvalue weighted by atomic mass is 10.1. The number of hydrogen-bond acceptors (Lipinski definition) is 4. The molecule has 0 aliphatic carbocycles. The van der Waals surface area contributed by atoms with Crippen molar-refractivity contribution in [3.8, 4) is 0 Å². The third-order valence-electron chi connectivity index (χ3n) is 2.09. The van der Waals surface area contributed by atoms with Crippen molar-refractivity contribution in [3.05, 3.63) is 52.8 Å². The molecule has 0 unspecified atom stereocenters. The van der Waals surface area contributed by atoms with Gasteiger partial charge in [0, 0.05) is 13.3 Å². The predicted molar refractivity (Wildman–Crippen MR) is 61.5 cm³/mol. The van der Waals surface area contributed by atoms with Crippen molar-refractivity contribution in [2.75, 3.05) is 0 Å². The molecule has 1 atom stereocenters. The Morgan fingerprint density at radius 2 is 2.18 bits per heavy atom. The molecule has 17 heavy (non-hydrogen) atoms. The highest BCUT2D eigenvalue weighted by molar-refractivity contribution is 5.66. The van der Waals surface area contributed by atoms with E-state index in [1.807, 2.05) is 30.3 Å². The van der Waals surface area contributed by atoms with E-state index >= 15 is 0 Å². The Morgan fingerprint density at radius 1 is 1.53 bits per heavy atom. The van der Waals surface area contributed by atoms with E-state index in [0.717, 1.165) is 11.8 Å². The van der Waals surface area contributed by atoms with Crippen LogP contribution in [0.3, 0.4) is 0 Å². The number of diazo groups is 1. The lowest BCUT2D eigenvalue weighted by molar-refractivity contribution is -0.145. The summed E-state index contributed by atoms with van der Waals surface area (Å²) in [6.45, 7) is 1.25. The summed E-state index contributed by atoms with van der Waals surface area (Å²) in [6.07, 6.45) is 0.320. The average Bonchev–Trinajstić information content (AvgIpc) is 2.29. The third-order valence-corrected chi connectivity index (χ3v) is 2.09. The normalized spacial score (nSPS) is 12.6. The van der Waals surface area contributed by atoms with Crippen molar-refractivity contribution in [2.24, 2.45) is 0 Å². The van der Waals surface area contributed by atoms with E-state index in [-0.39, 0.29) is 5.76 Å². The molecule has 0 fully saturated rings. The minimum atomic E-state index is -0.842. The number of nitrogens with zero attached hydrogens (tertiary/aromatic N) is 2. The molecule has 0 saturated heterocycles. The molecule has 1 aromatic carbocycles. The van der Waals surface area contributed by atoms with Crippen molar-refractivity contribution in [1.29, 1.82) is 5.39 Å². The topological polar surface area (TPSA) is 74.7 Å². The van der Waals surface area contributed by atoms with Gasteiger partial charge >= 0.3 is 12.2 Å². The maximum atomic E-state index is 10.9. The van der Waals surface area contributed by atoms with Gasteiger partial charge in [0.25, 0.3) is 0 Å². The first-order valence-corrected chi connectivity index (χ1v) is 5.08. The van der Waals surface area contributed by atoms with E-state index in [2.05, 4.69) is 4.98 Å². The van der Waals surface area contributed by atoms with Crippen LogP contribution in [0.5, 0.6) is 0 Å². The number of rotatable bonds is 4. The molecule has 0 bridgehead atoms. The van der Waals surface area contributed by atoms with E-state index in [1.165, 1.54) is 6.92 Å². The summed E-state index contributed by atoms with van der Waals surface area (Å²) in [5, 5.41) is 17.9. The molecule has 1 N–H and O–H groups in total. The van der Waals surface area contributed by atoms with Crippen molar-refractivity contribution < 1.29 is 14.6 Å². The molecule has 0 saturated carbocycles. The van der Waals surface area contributed by atoms with Crippen LogP contribution in [0.15, 0.2) is 42.3 Å². The fourth-order valence-electron chi connectivity index (χ4n) is 1.38. The van der Waals surface area contributed by atoms with Crippen LogP contribution < -0.4 is 0 Å². The van der Waals surface area contributed by atoms with Crippen LogP contribution in [0.2, 0.25) is 0 Å². The Hall–Kier alpha value is -2.35. The van der Waals surface area contributed by atoms with E-state index in [4.69, 9.17) is 10.1 Å². The van der Waals surface area contributed by atoms with E-state index in [0.29, 0.717) is 6.42 Å². The van der Waals surface area contributed by atoms with Crippen LogP contribution in [-0.4, -0.2) is 17.2 Å². The van der Waals surface area contributed by atoms with Gasteiger partial charge in [-0.05, 0) is 5.56 Å². The fraction of sp³-hybridized carbons (Fsp3) is 0.250. The van der Waals surface area contributed by atoms with Gasteiger partial charge in [-0.3, -0.25) is 4.79 Å². The molecule has 1 aromatic rings. The zero-order chi connectivity index (χ0) is 12.7. The van der Waals surface area contributed by atoms with Gasteiger partial charge in [0.15, 0.2) is 11.1 Å². The first kappa shape index (κ1) is 12.7. The van der Waals surface area contributed by atoms with Gasteiger partial charge in [0.2, 0.25) is 11.2 Å². The Morgan fingerprint density at radius 3 is 2.71 bits per heavy atom. The number of benzene rings is 1. The molecular weight excluding hydrogens is 220 g/mol. The number of aliphatic hydroxyl groups excluding tert-OH is 1. The zero-order valence-corrected chi connectivity index (χ0v) is 9.41. The van der Waals surface area contributed by atoms with Crippen LogP contribution >= 0.6 is 0 Å². The molecule has 0 heterocycles. The van der Waals surface area contributed by atoms with Crippen molar-refractivity contribution >= 4 is 5.97 Å². The number of hydrogen-bond donors (Lipinski definition) is 1. The molecule has 88 valence electrons.